The lowest BCUT2D eigenvalue weighted by Gasteiger charge is -2.33. The van der Waals surface area contributed by atoms with Crippen LogP contribution in [-0.2, 0) is 17.6 Å². The molecule has 0 spiro atoms. The highest BCUT2D eigenvalue weighted by Gasteiger charge is 2.24. The minimum Gasteiger partial charge on any atom is -0.374 e. The van der Waals surface area contributed by atoms with Crippen molar-refractivity contribution in [2.45, 2.75) is 25.4 Å². The van der Waals surface area contributed by atoms with Gasteiger partial charge in [-0.1, -0.05) is 60.7 Å². The first-order valence-electron chi connectivity index (χ1n) is 9.03. The van der Waals surface area contributed by atoms with Crippen LogP contribution in [0.25, 0.3) is 0 Å². The molecule has 0 aromatic heterocycles. The van der Waals surface area contributed by atoms with E-state index in [0.29, 0.717) is 26.2 Å². The zero-order chi connectivity index (χ0) is 17.3. The van der Waals surface area contributed by atoms with E-state index in [1.165, 1.54) is 11.1 Å². The van der Waals surface area contributed by atoms with Gasteiger partial charge >= 0.3 is 6.03 Å². The molecule has 1 aliphatic heterocycles. The van der Waals surface area contributed by atoms with Gasteiger partial charge in [0, 0.05) is 26.1 Å². The van der Waals surface area contributed by atoms with Crippen molar-refractivity contribution >= 4 is 6.03 Å². The van der Waals surface area contributed by atoms with E-state index in [1.807, 2.05) is 29.2 Å². The van der Waals surface area contributed by atoms with Gasteiger partial charge in [0.2, 0.25) is 0 Å². The van der Waals surface area contributed by atoms with E-state index in [0.717, 1.165) is 19.3 Å². The Labute approximate surface area is 149 Å². The number of morpholine rings is 1. The number of aryl methyl sites for hydroxylation is 1. The molecular formula is C21H26N2O2. The van der Waals surface area contributed by atoms with Gasteiger partial charge < -0.3 is 15.0 Å². The molecule has 4 nitrogen and oxygen atoms in total. The van der Waals surface area contributed by atoms with E-state index < -0.39 is 0 Å². The maximum atomic E-state index is 12.4. The number of hydrogen-bond donors (Lipinski definition) is 1. The standard InChI is InChI=1S/C21H26N2O2/c24-21(22-13-7-12-18-8-3-1-4-9-18)23-14-15-25-20(17-23)16-19-10-5-2-6-11-19/h1-6,8-11,20H,7,12-17H2,(H,22,24)/t20-/m0/s1. The van der Waals surface area contributed by atoms with Crippen LogP contribution in [0.4, 0.5) is 4.79 Å². The molecule has 0 unspecified atom stereocenters. The molecule has 1 aliphatic rings. The maximum Gasteiger partial charge on any atom is 0.317 e. The van der Waals surface area contributed by atoms with Crippen LogP contribution >= 0.6 is 0 Å². The van der Waals surface area contributed by atoms with E-state index >= 15 is 0 Å². The van der Waals surface area contributed by atoms with Crippen LogP contribution in [0, 0.1) is 0 Å². The molecule has 1 fully saturated rings. The molecule has 1 N–H and O–H groups in total. The van der Waals surface area contributed by atoms with Crippen molar-refractivity contribution < 1.29 is 9.53 Å². The second-order valence-electron chi connectivity index (χ2n) is 6.45. The summed E-state index contributed by atoms with van der Waals surface area (Å²) in [5.74, 6) is 0. The Morgan fingerprint density at radius 1 is 1.04 bits per heavy atom. The number of benzene rings is 2. The van der Waals surface area contributed by atoms with Gasteiger partial charge in [-0.2, -0.15) is 0 Å². The lowest BCUT2D eigenvalue weighted by Crippen LogP contribution is -2.50. The van der Waals surface area contributed by atoms with E-state index in [1.54, 1.807) is 0 Å². The third-order valence-corrected chi connectivity index (χ3v) is 4.49. The zero-order valence-electron chi connectivity index (χ0n) is 14.6. The summed E-state index contributed by atoms with van der Waals surface area (Å²) >= 11 is 0. The predicted octanol–water partition coefficient (Wildman–Crippen LogP) is 3.27. The fourth-order valence-corrected chi connectivity index (χ4v) is 3.15. The molecule has 0 radical (unpaired) electrons. The molecule has 132 valence electrons. The third-order valence-electron chi connectivity index (χ3n) is 4.49. The molecule has 1 heterocycles. The number of carbonyl (C=O) groups excluding carboxylic acids is 1. The lowest BCUT2D eigenvalue weighted by atomic mass is 10.1. The van der Waals surface area contributed by atoms with Gasteiger partial charge in [-0.3, -0.25) is 0 Å². The summed E-state index contributed by atoms with van der Waals surface area (Å²) in [5, 5.41) is 3.04. The normalized spacial score (nSPS) is 17.3. The quantitative estimate of drug-likeness (QED) is 0.822. The third kappa shape index (κ3) is 5.61. The van der Waals surface area contributed by atoms with Crippen molar-refractivity contribution in [1.29, 1.82) is 0 Å². The summed E-state index contributed by atoms with van der Waals surface area (Å²) in [5.41, 5.74) is 2.56. The van der Waals surface area contributed by atoms with Crippen LogP contribution in [0.1, 0.15) is 17.5 Å². The van der Waals surface area contributed by atoms with E-state index in [-0.39, 0.29) is 12.1 Å². The molecular weight excluding hydrogens is 312 g/mol. The van der Waals surface area contributed by atoms with Crippen LogP contribution in [-0.4, -0.2) is 43.3 Å². The SMILES string of the molecule is O=C(NCCCc1ccccc1)N1CCO[C@@H](Cc2ccccc2)C1. The van der Waals surface area contributed by atoms with Crippen molar-refractivity contribution in [2.24, 2.45) is 0 Å². The molecule has 25 heavy (non-hydrogen) atoms. The van der Waals surface area contributed by atoms with Crippen LogP contribution in [0.15, 0.2) is 60.7 Å². The van der Waals surface area contributed by atoms with Gasteiger partial charge in [0.05, 0.1) is 12.7 Å². The molecule has 2 aromatic carbocycles. The molecule has 4 heteroatoms. The minimum atomic E-state index is 0.0226. The fourth-order valence-electron chi connectivity index (χ4n) is 3.15. The maximum absolute atomic E-state index is 12.4. The van der Waals surface area contributed by atoms with Crippen molar-refractivity contribution in [3.8, 4) is 0 Å². The number of ether oxygens (including phenoxy) is 1. The Balaban J connectivity index is 1.39. The van der Waals surface area contributed by atoms with Gasteiger partial charge in [-0.05, 0) is 24.0 Å². The van der Waals surface area contributed by atoms with E-state index in [2.05, 4.69) is 41.7 Å². The van der Waals surface area contributed by atoms with Gasteiger partial charge in [0.15, 0.2) is 0 Å². The average molecular weight is 338 g/mol. The Hall–Kier alpha value is -2.33. The van der Waals surface area contributed by atoms with E-state index in [4.69, 9.17) is 4.74 Å². The minimum absolute atomic E-state index is 0.0226. The van der Waals surface area contributed by atoms with Crippen molar-refractivity contribution in [3.05, 3.63) is 71.8 Å². The Bertz CT molecular complexity index is 645. The Kier molecular flexibility index (Phi) is 6.46. The number of urea groups is 1. The van der Waals surface area contributed by atoms with Crippen molar-refractivity contribution in [1.82, 2.24) is 10.2 Å². The first-order valence-corrected chi connectivity index (χ1v) is 9.03. The topological polar surface area (TPSA) is 41.6 Å². The number of rotatable bonds is 6. The van der Waals surface area contributed by atoms with Gasteiger partial charge in [-0.25, -0.2) is 4.79 Å². The summed E-state index contributed by atoms with van der Waals surface area (Å²) < 4.78 is 5.82. The van der Waals surface area contributed by atoms with Crippen LogP contribution in [0.5, 0.6) is 0 Å². The second-order valence-corrected chi connectivity index (χ2v) is 6.45. The van der Waals surface area contributed by atoms with Crippen molar-refractivity contribution in [2.75, 3.05) is 26.2 Å². The molecule has 0 bridgehead atoms. The van der Waals surface area contributed by atoms with Crippen LogP contribution in [0.3, 0.4) is 0 Å². The summed E-state index contributed by atoms with van der Waals surface area (Å²) in [6.07, 6.45) is 2.86. The van der Waals surface area contributed by atoms with Gasteiger partial charge in [-0.15, -0.1) is 0 Å². The monoisotopic (exact) mass is 338 g/mol. The first-order chi connectivity index (χ1) is 12.3. The van der Waals surface area contributed by atoms with Crippen LogP contribution in [0.2, 0.25) is 0 Å². The molecule has 1 saturated heterocycles. The lowest BCUT2D eigenvalue weighted by molar-refractivity contribution is -0.0132. The molecule has 2 amide bonds. The number of nitrogens with zero attached hydrogens (tertiary/aromatic N) is 1. The average Bonchev–Trinajstić information content (AvgIpc) is 2.67. The number of carbonyl (C=O) groups is 1. The molecule has 2 aromatic rings. The number of amides is 2. The summed E-state index contributed by atoms with van der Waals surface area (Å²) in [6, 6.07) is 20.7. The zero-order valence-corrected chi connectivity index (χ0v) is 14.6. The van der Waals surface area contributed by atoms with Gasteiger partial charge in [0.25, 0.3) is 0 Å². The molecule has 0 aliphatic carbocycles. The summed E-state index contributed by atoms with van der Waals surface area (Å²) in [6.45, 7) is 2.62. The second kappa shape index (κ2) is 9.23. The Morgan fingerprint density at radius 2 is 1.72 bits per heavy atom. The largest absolute Gasteiger partial charge is 0.374 e. The van der Waals surface area contributed by atoms with Crippen LogP contribution < -0.4 is 5.32 Å². The van der Waals surface area contributed by atoms with Gasteiger partial charge in [0.1, 0.15) is 0 Å². The highest BCUT2D eigenvalue weighted by Crippen LogP contribution is 2.12. The predicted molar refractivity (Wildman–Crippen MR) is 99.6 cm³/mol. The first kappa shape index (κ1) is 17.5. The van der Waals surface area contributed by atoms with Crippen molar-refractivity contribution in [3.63, 3.8) is 0 Å². The molecule has 0 saturated carbocycles. The fraction of sp³-hybridized carbons (Fsp3) is 0.381. The highest BCUT2D eigenvalue weighted by molar-refractivity contribution is 5.74. The summed E-state index contributed by atoms with van der Waals surface area (Å²) in [4.78, 5) is 14.2. The number of hydrogen-bond acceptors (Lipinski definition) is 2. The smallest absolute Gasteiger partial charge is 0.317 e. The Morgan fingerprint density at radius 3 is 2.44 bits per heavy atom. The van der Waals surface area contributed by atoms with E-state index in [9.17, 15) is 4.79 Å². The molecule has 1 atom stereocenters. The summed E-state index contributed by atoms with van der Waals surface area (Å²) in [7, 11) is 0. The highest BCUT2D eigenvalue weighted by atomic mass is 16.5. The number of nitrogens with one attached hydrogen (secondary N) is 1. The molecule has 3 rings (SSSR count).